The standard InChI is InChI=1S/C7H7N.2ClH/c1-2-7-5-3-4-6-8-7;;/h2-6H,1H2;2*1H. The first-order chi connectivity index (χ1) is 3.93. The Kier molecular flexibility index (Phi) is 8.02. The second-order valence-corrected chi connectivity index (χ2v) is 1.46. The minimum atomic E-state index is 0. The lowest BCUT2D eigenvalue weighted by molar-refractivity contribution is 1.30. The van der Waals surface area contributed by atoms with Crippen LogP contribution in [0.4, 0.5) is 0 Å². The van der Waals surface area contributed by atoms with E-state index < -0.39 is 0 Å². The Hall–Kier alpha value is -0.530. The Morgan fingerprint density at radius 2 is 2.00 bits per heavy atom. The van der Waals surface area contributed by atoms with Gasteiger partial charge in [-0.3, -0.25) is 4.98 Å². The van der Waals surface area contributed by atoms with Crippen molar-refractivity contribution in [3.05, 3.63) is 36.7 Å². The maximum atomic E-state index is 3.98. The highest BCUT2D eigenvalue weighted by atomic mass is 35.5. The molecule has 1 aromatic heterocycles. The summed E-state index contributed by atoms with van der Waals surface area (Å²) in [4.78, 5) is 3.98. The van der Waals surface area contributed by atoms with Crippen LogP contribution in [0.5, 0.6) is 0 Å². The lowest BCUT2D eigenvalue weighted by atomic mass is 10.4. The van der Waals surface area contributed by atoms with Crippen LogP contribution in [0.25, 0.3) is 6.08 Å². The Bertz CT molecular complexity index is 174. The molecule has 0 aliphatic carbocycles. The summed E-state index contributed by atoms with van der Waals surface area (Å²) >= 11 is 0. The van der Waals surface area contributed by atoms with Gasteiger partial charge < -0.3 is 0 Å². The first-order valence-electron chi connectivity index (χ1n) is 2.47. The number of nitrogens with zero attached hydrogens (tertiary/aromatic N) is 1. The van der Waals surface area contributed by atoms with Crippen LogP contribution >= 0.6 is 24.8 Å². The zero-order valence-electron chi connectivity index (χ0n) is 5.36. The van der Waals surface area contributed by atoms with Gasteiger partial charge in [0.1, 0.15) is 0 Å². The second-order valence-electron chi connectivity index (χ2n) is 1.46. The molecule has 0 saturated heterocycles. The molecule has 10 heavy (non-hydrogen) atoms. The third kappa shape index (κ3) is 3.49. The molecule has 3 heteroatoms. The maximum Gasteiger partial charge on any atom is 0.0623 e. The number of halogens is 2. The molecule has 0 bridgehead atoms. The van der Waals surface area contributed by atoms with Crippen molar-refractivity contribution in [1.29, 1.82) is 0 Å². The van der Waals surface area contributed by atoms with E-state index >= 15 is 0 Å². The number of aromatic nitrogens is 1. The summed E-state index contributed by atoms with van der Waals surface area (Å²) in [7, 11) is 0. The van der Waals surface area contributed by atoms with Crippen molar-refractivity contribution in [3.63, 3.8) is 0 Å². The van der Waals surface area contributed by atoms with Gasteiger partial charge in [-0.1, -0.05) is 12.6 Å². The van der Waals surface area contributed by atoms with E-state index in [1.165, 1.54) is 0 Å². The molecule has 0 aromatic carbocycles. The minimum absolute atomic E-state index is 0. The fraction of sp³-hybridized carbons (Fsp3) is 0. The summed E-state index contributed by atoms with van der Waals surface area (Å²) in [5.74, 6) is 0. The van der Waals surface area contributed by atoms with Crippen LogP contribution < -0.4 is 0 Å². The number of hydrogen-bond donors (Lipinski definition) is 0. The monoisotopic (exact) mass is 177 g/mol. The first-order valence-corrected chi connectivity index (χ1v) is 2.47. The largest absolute Gasteiger partial charge is 0.257 e. The van der Waals surface area contributed by atoms with Crippen molar-refractivity contribution in [2.24, 2.45) is 0 Å². The van der Waals surface area contributed by atoms with Gasteiger partial charge in [0.25, 0.3) is 0 Å². The fourth-order valence-corrected chi connectivity index (χ4v) is 0.497. The second kappa shape index (κ2) is 6.59. The summed E-state index contributed by atoms with van der Waals surface area (Å²) in [5, 5.41) is 0. The van der Waals surface area contributed by atoms with Crippen LogP contribution in [-0.4, -0.2) is 4.98 Å². The van der Waals surface area contributed by atoms with E-state index in [0.29, 0.717) is 0 Å². The van der Waals surface area contributed by atoms with Gasteiger partial charge >= 0.3 is 0 Å². The van der Waals surface area contributed by atoms with Gasteiger partial charge in [-0.15, -0.1) is 24.8 Å². The average molecular weight is 178 g/mol. The van der Waals surface area contributed by atoms with Crippen LogP contribution in [0.15, 0.2) is 31.0 Å². The highest BCUT2D eigenvalue weighted by molar-refractivity contribution is 5.85. The van der Waals surface area contributed by atoms with Gasteiger partial charge in [-0.05, 0) is 18.2 Å². The number of hydrogen-bond acceptors (Lipinski definition) is 1. The lowest BCUT2D eigenvalue weighted by Crippen LogP contribution is -1.73. The molecule has 0 amide bonds. The van der Waals surface area contributed by atoms with Crippen molar-refractivity contribution >= 4 is 30.9 Å². The van der Waals surface area contributed by atoms with Crippen molar-refractivity contribution in [3.8, 4) is 0 Å². The molecule has 56 valence electrons. The molecule has 1 rings (SSSR count). The van der Waals surface area contributed by atoms with Gasteiger partial charge in [-0.25, -0.2) is 0 Å². The predicted octanol–water partition coefficient (Wildman–Crippen LogP) is 2.57. The van der Waals surface area contributed by atoms with Crippen LogP contribution in [0, 0.1) is 0 Å². The van der Waals surface area contributed by atoms with Crippen molar-refractivity contribution < 1.29 is 0 Å². The van der Waals surface area contributed by atoms with E-state index in [2.05, 4.69) is 11.6 Å². The first kappa shape index (κ1) is 12.2. The topological polar surface area (TPSA) is 12.9 Å². The van der Waals surface area contributed by atoms with E-state index in [1.54, 1.807) is 12.3 Å². The average Bonchev–Trinajstić information content (AvgIpc) is 1.90. The molecule has 0 saturated carbocycles. The van der Waals surface area contributed by atoms with Gasteiger partial charge in [0.2, 0.25) is 0 Å². The smallest absolute Gasteiger partial charge is 0.0623 e. The molecule has 0 spiro atoms. The van der Waals surface area contributed by atoms with Crippen LogP contribution in [-0.2, 0) is 0 Å². The SMILES string of the molecule is C=Cc1ccccn1.Cl.Cl. The number of rotatable bonds is 1. The minimum Gasteiger partial charge on any atom is -0.257 e. The Labute approximate surface area is 73.0 Å². The molecule has 0 fully saturated rings. The molecule has 1 aromatic rings. The highest BCUT2D eigenvalue weighted by Crippen LogP contribution is 1.91. The van der Waals surface area contributed by atoms with E-state index in [0.717, 1.165) is 5.69 Å². The highest BCUT2D eigenvalue weighted by Gasteiger charge is 1.77. The van der Waals surface area contributed by atoms with Gasteiger partial charge in [-0.2, -0.15) is 0 Å². The maximum absolute atomic E-state index is 3.98. The molecule has 0 N–H and O–H groups in total. The Morgan fingerprint density at radius 1 is 1.30 bits per heavy atom. The fourth-order valence-electron chi connectivity index (χ4n) is 0.497. The summed E-state index contributed by atoms with van der Waals surface area (Å²) < 4.78 is 0. The van der Waals surface area contributed by atoms with Crippen molar-refractivity contribution in [1.82, 2.24) is 4.98 Å². The Morgan fingerprint density at radius 3 is 2.30 bits per heavy atom. The number of pyridine rings is 1. The zero-order valence-corrected chi connectivity index (χ0v) is 6.99. The van der Waals surface area contributed by atoms with Crippen LogP contribution in [0.3, 0.4) is 0 Å². The van der Waals surface area contributed by atoms with Gasteiger partial charge in [0.15, 0.2) is 0 Å². The third-order valence-electron chi connectivity index (χ3n) is 0.897. The van der Waals surface area contributed by atoms with Gasteiger partial charge in [0, 0.05) is 6.20 Å². The summed E-state index contributed by atoms with van der Waals surface area (Å²) in [6.07, 6.45) is 3.47. The molecular formula is C7H9Cl2N. The van der Waals surface area contributed by atoms with E-state index in [9.17, 15) is 0 Å². The van der Waals surface area contributed by atoms with Crippen LogP contribution in [0.2, 0.25) is 0 Å². The molecule has 1 heterocycles. The van der Waals surface area contributed by atoms with Crippen LogP contribution in [0.1, 0.15) is 5.69 Å². The Balaban J connectivity index is 0. The molecule has 0 atom stereocenters. The van der Waals surface area contributed by atoms with E-state index in [4.69, 9.17) is 0 Å². The molecule has 0 aliphatic rings. The van der Waals surface area contributed by atoms with Crippen molar-refractivity contribution in [2.45, 2.75) is 0 Å². The normalized spacial score (nSPS) is 6.80. The lowest BCUT2D eigenvalue weighted by Gasteiger charge is -1.84. The predicted molar refractivity (Wildman–Crippen MR) is 48.8 cm³/mol. The van der Waals surface area contributed by atoms with E-state index in [1.807, 2.05) is 18.2 Å². The zero-order chi connectivity index (χ0) is 5.82. The molecule has 0 unspecified atom stereocenters. The molecule has 0 aliphatic heterocycles. The van der Waals surface area contributed by atoms with Gasteiger partial charge in [0.05, 0.1) is 5.69 Å². The summed E-state index contributed by atoms with van der Waals surface area (Å²) in [5.41, 5.74) is 0.924. The molecule has 0 radical (unpaired) electrons. The van der Waals surface area contributed by atoms with Crippen molar-refractivity contribution in [2.75, 3.05) is 0 Å². The van der Waals surface area contributed by atoms with E-state index in [-0.39, 0.29) is 24.8 Å². The molecule has 1 nitrogen and oxygen atoms in total. The third-order valence-corrected chi connectivity index (χ3v) is 0.897. The summed E-state index contributed by atoms with van der Waals surface area (Å²) in [6, 6.07) is 5.73. The summed E-state index contributed by atoms with van der Waals surface area (Å²) in [6.45, 7) is 3.57. The molecular weight excluding hydrogens is 169 g/mol. The quantitative estimate of drug-likeness (QED) is 0.643.